The van der Waals surface area contributed by atoms with Crippen LogP contribution in [0, 0.1) is 0 Å². The number of benzene rings is 2. The van der Waals surface area contributed by atoms with E-state index in [0.717, 1.165) is 60.8 Å². The number of piperidine rings is 1. The van der Waals surface area contributed by atoms with Gasteiger partial charge in [-0.1, -0.05) is 12.1 Å². The van der Waals surface area contributed by atoms with E-state index in [9.17, 15) is 4.79 Å². The molecule has 3 aromatic rings. The van der Waals surface area contributed by atoms with Gasteiger partial charge >= 0.3 is 6.09 Å². The molecule has 0 unspecified atom stereocenters. The molecule has 1 aromatic heterocycles. The quantitative estimate of drug-likeness (QED) is 0.637. The molecule has 1 fully saturated rings. The van der Waals surface area contributed by atoms with Crippen molar-refractivity contribution in [2.45, 2.75) is 51.8 Å². The Kier molecular flexibility index (Phi) is 6.37. The summed E-state index contributed by atoms with van der Waals surface area (Å²) in [7, 11) is 1.67. The monoisotopic (exact) mass is 436 g/mol. The minimum Gasteiger partial charge on any atom is -0.497 e. The van der Waals surface area contributed by atoms with Crippen LogP contribution in [0.3, 0.4) is 0 Å². The highest BCUT2D eigenvalue weighted by atomic mass is 16.6. The summed E-state index contributed by atoms with van der Waals surface area (Å²) in [4.78, 5) is 19.4. The van der Waals surface area contributed by atoms with Gasteiger partial charge in [0.15, 0.2) is 0 Å². The number of carbonyl (C=O) groups is 1. The Labute approximate surface area is 189 Å². The van der Waals surface area contributed by atoms with Gasteiger partial charge in [0.2, 0.25) is 0 Å². The van der Waals surface area contributed by atoms with Gasteiger partial charge in [-0.15, -0.1) is 0 Å². The Morgan fingerprint density at radius 1 is 1.09 bits per heavy atom. The van der Waals surface area contributed by atoms with Gasteiger partial charge in [0, 0.05) is 24.8 Å². The molecule has 1 aliphatic heterocycles. The molecule has 0 radical (unpaired) electrons. The topological polar surface area (TPSA) is 68.6 Å². The Balaban J connectivity index is 1.46. The minimum atomic E-state index is -0.481. The first-order valence-corrected chi connectivity index (χ1v) is 11.1. The largest absolute Gasteiger partial charge is 0.497 e. The lowest BCUT2D eigenvalue weighted by molar-refractivity contribution is 0.0477. The third-order valence-corrected chi connectivity index (χ3v) is 5.63. The van der Waals surface area contributed by atoms with E-state index in [0.29, 0.717) is 0 Å². The molecule has 7 heteroatoms. The molecule has 1 saturated heterocycles. The second-order valence-corrected chi connectivity index (χ2v) is 9.25. The molecule has 2 heterocycles. The first-order valence-electron chi connectivity index (χ1n) is 11.1. The Bertz CT molecular complexity index is 1060. The molecular weight excluding hydrogens is 404 g/mol. The third kappa shape index (κ3) is 5.22. The van der Waals surface area contributed by atoms with Gasteiger partial charge in [0.1, 0.15) is 17.2 Å². The fourth-order valence-electron chi connectivity index (χ4n) is 4.11. The SMILES string of the molecule is COc1ccc(-n2c(CN3CCC(NC(=O)OC(C)(C)C)CC3)nc3ccccc32)cc1. The second kappa shape index (κ2) is 9.20. The number of ether oxygens (including phenoxy) is 2. The predicted molar refractivity (Wildman–Crippen MR) is 125 cm³/mol. The van der Waals surface area contributed by atoms with Crippen molar-refractivity contribution >= 4 is 17.1 Å². The number of nitrogens with one attached hydrogen (secondary N) is 1. The van der Waals surface area contributed by atoms with Gasteiger partial charge in [0.25, 0.3) is 0 Å². The van der Waals surface area contributed by atoms with Crippen LogP contribution < -0.4 is 10.1 Å². The molecule has 0 bridgehead atoms. The van der Waals surface area contributed by atoms with E-state index in [-0.39, 0.29) is 12.1 Å². The summed E-state index contributed by atoms with van der Waals surface area (Å²) >= 11 is 0. The molecule has 170 valence electrons. The van der Waals surface area contributed by atoms with Gasteiger partial charge in [-0.3, -0.25) is 9.47 Å². The number of aromatic nitrogens is 2. The van der Waals surface area contributed by atoms with Crippen LogP contribution in [0.4, 0.5) is 4.79 Å². The zero-order valence-corrected chi connectivity index (χ0v) is 19.3. The van der Waals surface area contributed by atoms with Crippen LogP contribution in [0.15, 0.2) is 48.5 Å². The van der Waals surface area contributed by atoms with Crippen LogP contribution in [0.25, 0.3) is 16.7 Å². The fourth-order valence-corrected chi connectivity index (χ4v) is 4.11. The molecule has 1 amide bonds. The van der Waals surface area contributed by atoms with Crippen LogP contribution in [-0.2, 0) is 11.3 Å². The van der Waals surface area contributed by atoms with Gasteiger partial charge in [-0.25, -0.2) is 9.78 Å². The minimum absolute atomic E-state index is 0.140. The average Bonchev–Trinajstić information content (AvgIpc) is 3.11. The van der Waals surface area contributed by atoms with Crippen molar-refractivity contribution in [1.29, 1.82) is 0 Å². The van der Waals surface area contributed by atoms with E-state index in [4.69, 9.17) is 14.5 Å². The number of fused-ring (bicyclic) bond motifs is 1. The highest BCUT2D eigenvalue weighted by Crippen LogP contribution is 2.25. The summed E-state index contributed by atoms with van der Waals surface area (Å²) in [6.45, 7) is 8.18. The van der Waals surface area contributed by atoms with Crippen LogP contribution in [-0.4, -0.2) is 52.4 Å². The molecule has 1 aliphatic rings. The number of hydrogen-bond donors (Lipinski definition) is 1. The second-order valence-electron chi connectivity index (χ2n) is 9.25. The molecule has 2 aromatic carbocycles. The maximum Gasteiger partial charge on any atom is 0.407 e. The summed E-state index contributed by atoms with van der Waals surface area (Å²) < 4.78 is 12.9. The molecule has 7 nitrogen and oxygen atoms in total. The van der Waals surface area contributed by atoms with Crippen LogP contribution in [0.2, 0.25) is 0 Å². The lowest BCUT2D eigenvalue weighted by Gasteiger charge is -2.32. The van der Waals surface area contributed by atoms with Crippen molar-refractivity contribution in [1.82, 2.24) is 19.8 Å². The van der Waals surface area contributed by atoms with E-state index in [2.05, 4.69) is 39.0 Å². The summed E-state index contributed by atoms with van der Waals surface area (Å²) in [5, 5.41) is 3.01. The summed E-state index contributed by atoms with van der Waals surface area (Å²) in [5.74, 6) is 1.84. The Hall–Kier alpha value is -3.06. The maximum atomic E-state index is 12.1. The molecule has 32 heavy (non-hydrogen) atoms. The summed E-state index contributed by atoms with van der Waals surface area (Å²) in [6.07, 6.45) is 1.45. The van der Waals surface area contributed by atoms with Crippen LogP contribution in [0.1, 0.15) is 39.4 Å². The van der Waals surface area contributed by atoms with Crippen molar-refractivity contribution < 1.29 is 14.3 Å². The molecule has 0 spiro atoms. The Morgan fingerprint density at radius 2 is 1.78 bits per heavy atom. The number of amides is 1. The highest BCUT2D eigenvalue weighted by Gasteiger charge is 2.25. The maximum absolute atomic E-state index is 12.1. The van der Waals surface area contributed by atoms with Crippen LogP contribution in [0.5, 0.6) is 5.75 Å². The van der Waals surface area contributed by atoms with Crippen molar-refractivity contribution in [2.24, 2.45) is 0 Å². The number of hydrogen-bond acceptors (Lipinski definition) is 5. The summed E-state index contributed by atoms with van der Waals surface area (Å²) in [5.41, 5.74) is 2.66. The zero-order chi connectivity index (χ0) is 22.7. The number of nitrogens with zero attached hydrogens (tertiary/aromatic N) is 3. The normalized spacial score (nSPS) is 15.6. The zero-order valence-electron chi connectivity index (χ0n) is 19.3. The number of likely N-dealkylation sites (tertiary alicyclic amines) is 1. The highest BCUT2D eigenvalue weighted by molar-refractivity contribution is 5.78. The molecule has 1 N–H and O–H groups in total. The average molecular weight is 437 g/mol. The molecule has 4 rings (SSSR count). The Morgan fingerprint density at radius 3 is 2.44 bits per heavy atom. The summed E-state index contributed by atoms with van der Waals surface area (Å²) in [6, 6.07) is 16.4. The number of imidazole rings is 1. The lowest BCUT2D eigenvalue weighted by Crippen LogP contribution is -2.46. The predicted octanol–water partition coefficient (Wildman–Crippen LogP) is 4.52. The first-order chi connectivity index (χ1) is 15.3. The molecule has 0 atom stereocenters. The standard InChI is InChI=1S/C25H32N4O3/c1-25(2,3)32-24(30)26-18-13-15-28(16-14-18)17-23-27-21-7-5-6-8-22(21)29(23)19-9-11-20(31-4)12-10-19/h5-12,18H,13-17H2,1-4H3,(H,26,30). The third-order valence-electron chi connectivity index (χ3n) is 5.63. The number of alkyl carbamates (subject to hydrolysis) is 1. The number of carbonyl (C=O) groups excluding carboxylic acids is 1. The van der Waals surface area contributed by atoms with Crippen LogP contribution >= 0.6 is 0 Å². The fraction of sp³-hybridized carbons (Fsp3) is 0.440. The smallest absolute Gasteiger partial charge is 0.407 e. The number of methoxy groups -OCH3 is 1. The van der Waals surface area contributed by atoms with Crippen molar-refractivity contribution in [2.75, 3.05) is 20.2 Å². The van der Waals surface area contributed by atoms with Gasteiger partial charge in [0.05, 0.1) is 24.7 Å². The number of rotatable bonds is 5. The van der Waals surface area contributed by atoms with E-state index < -0.39 is 5.60 Å². The van der Waals surface area contributed by atoms with Crippen molar-refractivity contribution in [3.05, 3.63) is 54.4 Å². The molecule has 0 saturated carbocycles. The van der Waals surface area contributed by atoms with Gasteiger partial charge in [-0.2, -0.15) is 0 Å². The van der Waals surface area contributed by atoms with E-state index >= 15 is 0 Å². The molecular formula is C25H32N4O3. The van der Waals surface area contributed by atoms with E-state index in [1.807, 2.05) is 45.0 Å². The van der Waals surface area contributed by atoms with Crippen molar-refractivity contribution in [3.8, 4) is 11.4 Å². The van der Waals surface area contributed by atoms with Crippen molar-refractivity contribution in [3.63, 3.8) is 0 Å². The lowest BCUT2D eigenvalue weighted by atomic mass is 10.1. The van der Waals surface area contributed by atoms with E-state index in [1.54, 1.807) is 7.11 Å². The van der Waals surface area contributed by atoms with Gasteiger partial charge in [-0.05, 0) is 70.0 Å². The number of para-hydroxylation sites is 2. The van der Waals surface area contributed by atoms with Gasteiger partial charge < -0.3 is 14.8 Å². The molecule has 0 aliphatic carbocycles. The van der Waals surface area contributed by atoms with E-state index in [1.165, 1.54) is 0 Å². The first kappa shape index (κ1) is 22.1.